The van der Waals surface area contributed by atoms with Crippen molar-refractivity contribution < 1.29 is 4.79 Å². The third-order valence-corrected chi connectivity index (χ3v) is 6.66. The lowest BCUT2D eigenvalue weighted by atomic mass is 9.91. The molecule has 8 nitrogen and oxygen atoms in total. The molecule has 0 atom stereocenters. The van der Waals surface area contributed by atoms with Crippen LogP contribution in [-0.4, -0.2) is 67.7 Å². The molecule has 0 unspecified atom stereocenters. The maximum Gasteiger partial charge on any atom is 0.236 e. The number of aromatic amines is 1. The van der Waals surface area contributed by atoms with Gasteiger partial charge in [0.15, 0.2) is 5.65 Å². The number of hydrogen-bond donors (Lipinski definition) is 1. The Morgan fingerprint density at radius 3 is 2.76 bits per heavy atom. The van der Waals surface area contributed by atoms with Gasteiger partial charge in [0.25, 0.3) is 0 Å². The molecule has 0 saturated heterocycles. The number of carbonyl (C=O) groups is 1. The number of carbonyl (C=O) groups excluding carboxylic acids is 1. The zero-order valence-corrected chi connectivity index (χ0v) is 20.5. The standard InChI is InChI=1S/C26H31N7O/c1-16(2)23-24(29-30-25(23)21-10-17(3)26-27-15-28-33(26)13-21)19-6-7-20-12-32(9-8-18(20)11-19)14-22(34)31(4)5/h6-7,10-11,13,15-16H,8-9,12,14H2,1-5H3,(H,29,30). The number of likely N-dealkylation sites (N-methyl/N-ethyl adjacent to an activating group) is 1. The maximum absolute atomic E-state index is 12.1. The molecule has 0 aliphatic carbocycles. The van der Waals surface area contributed by atoms with Crippen molar-refractivity contribution in [2.45, 2.75) is 39.7 Å². The third-order valence-electron chi connectivity index (χ3n) is 6.66. The van der Waals surface area contributed by atoms with Gasteiger partial charge in [-0.1, -0.05) is 26.0 Å². The second kappa shape index (κ2) is 8.68. The average molecular weight is 458 g/mol. The first-order valence-electron chi connectivity index (χ1n) is 11.7. The fourth-order valence-corrected chi connectivity index (χ4v) is 4.81. The summed E-state index contributed by atoms with van der Waals surface area (Å²) in [4.78, 5) is 20.3. The van der Waals surface area contributed by atoms with Crippen molar-refractivity contribution >= 4 is 11.6 Å². The minimum absolute atomic E-state index is 0.144. The highest BCUT2D eigenvalue weighted by molar-refractivity contribution is 5.78. The SMILES string of the molecule is Cc1cc(-c2[nH]nc(-c3ccc4c(c3)CCN(CC(=O)N(C)C)C4)c2C(C)C)cn2ncnc12. The number of rotatable bonds is 5. The first kappa shape index (κ1) is 22.3. The number of fused-ring (bicyclic) bond motifs is 2. The largest absolute Gasteiger partial charge is 0.348 e. The molecule has 4 aromatic rings. The summed E-state index contributed by atoms with van der Waals surface area (Å²) >= 11 is 0. The van der Waals surface area contributed by atoms with Crippen LogP contribution in [0.3, 0.4) is 0 Å². The highest BCUT2D eigenvalue weighted by Gasteiger charge is 2.23. The molecule has 176 valence electrons. The van der Waals surface area contributed by atoms with Gasteiger partial charge >= 0.3 is 0 Å². The number of H-pyrrole nitrogens is 1. The van der Waals surface area contributed by atoms with Crippen LogP contribution in [0.1, 0.15) is 42.0 Å². The summed E-state index contributed by atoms with van der Waals surface area (Å²) in [5.41, 5.74) is 9.97. The second-order valence-electron chi connectivity index (χ2n) is 9.69. The zero-order valence-electron chi connectivity index (χ0n) is 20.5. The molecule has 1 aliphatic rings. The Morgan fingerprint density at radius 2 is 2.00 bits per heavy atom. The number of amides is 1. The van der Waals surface area contributed by atoms with Crippen LogP contribution in [0.15, 0.2) is 36.8 Å². The molecular weight excluding hydrogens is 426 g/mol. The van der Waals surface area contributed by atoms with Crippen LogP contribution in [-0.2, 0) is 17.8 Å². The van der Waals surface area contributed by atoms with Gasteiger partial charge < -0.3 is 4.90 Å². The molecule has 34 heavy (non-hydrogen) atoms. The van der Waals surface area contributed by atoms with Crippen molar-refractivity contribution in [3.63, 3.8) is 0 Å². The van der Waals surface area contributed by atoms with Crippen molar-refractivity contribution in [3.8, 4) is 22.5 Å². The van der Waals surface area contributed by atoms with Gasteiger partial charge in [-0.2, -0.15) is 10.2 Å². The molecule has 1 amide bonds. The van der Waals surface area contributed by atoms with E-state index in [-0.39, 0.29) is 5.91 Å². The molecule has 4 heterocycles. The van der Waals surface area contributed by atoms with E-state index >= 15 is 0 Å². The van der Waals surface area contributed by atoms with E-state index in [2.05, 4.69) is 65.1 Å². The van der Waals surface area contributed by atoms with E-state index in [0.29, 0.717) is 12.5 Å². The maximum atomic E-state index is 12.1. The van der Waals surface area contributed by atoms with Crippen LogP contribution in [0.4, 0.5) is 0 Å². The monoisotopic (exact) mass is 457 g/mol. The highest BCUT2D eigenvalue weighted by Crippen LogP contribution is 2.37. The summed E-state index contributed by atoms with van der Waals surface area (Å²) in [6.45, 7) is 8.61. The molecule has 8 heteroatoms. The van der Waals surface area contributed by atoms with Gasteiger partial charge in [-0.3, -0.25) is 14.8 Å². The summed E-state index contributed by atoms with van der Waals surface area (Å²) in [6, 6.07) is 8.77. The van der Waals surface area contributed by atoms with Crippen LogP contribution >= 0.6 is 0 Å². The summed E-state index contributed by atoms with van der Waals surface area (Å²) in [5.74, 6) is 0.434. The van der Waals surface area contributed by atoms with Crippen LogP contribution in [0.25, 0.3) is 28.2 Å². The quantitative estimate of drug-likeness (QED) is 0.495. The highest BCUT2D eigenvalue weighted by atomic mass is 16.2. The van der Waals surface area contributed by atoms with Crippen LogP contribution in [0.2, 0.25) is 0 Å². The van der Waals surface area contributed by atoms with Crippen LogP contribution in [0.5, 0.6) is 0 Å². The van der Waals surface area contributed by atoms with Gasteiger partial charge in [0.1, 0.15) is 6.33 Å². The third kappa shape index (κ3) is 3.98. The lowest BCUT2D eigenvalue weighted by Crippen LogP contribution is -2.39. The predicted molar refractivity (Wildman–Crippen MR) is 133 cm³/mol. The Morgan fingerprint density at radius 1 is 1.18 bits per heavy atom. The van der Waals surface area contributed by atoms with E-state index in [1.54, 1.807) is 11.2 Å². The van der Waals surface area contributed by atoms with Crippen molar-refractivity contribution in [1.29, 1.82) is 0 Å². The van der Waals surface area contributed by atoms with Gasteiger partial charge in [-0.15, -0.1) is 0 Å². The molecule has 0 spiro atoms. The Bertz CT molecular complexity index is 1360. The smallest absolute Gasteiger partial charge is 0.236 e. The number of nitrogens with one attached hydrogen (secondary N) is 1. The number of nitrogens with zero attached hydrogens (tertiary/aromatic N) is 6. The minimum Gasteiger partial charge on any atom is -0.348 e. The summed E-state index contributed by atoms with van der Waals surface area (Å²) in [7, 11) is 3.62. The first-order chi connectivity index (χ1) is 16.3. The minimum atomic E-state index is 0.144. The predicted octanol–water partition coefficient (Wildman–Crippen LogP) is 3.66. The Kier molecular flexibility index (Phi) is 5.69. The van der Waals surface area contributed by atoms with Gasteiger partial charge in [0.2, 0.25) is 5.91 Å². The normalized spacial score (nSPS) is 14.1. The van der Waals surface area contributed by atoms with E-state index in [9.17, 15) is 4.79 Å². The Balaban J connectivity index is 1.48. The van der Waals surface area contributed by atoms with Crippen molar-refractivity contribution in [2.75, 3.05) is 27.2 Å². The molecule has 1 aromatic carbocycles. The lowest BCUT2D eigenvalue weighted by molar-refractivity contribution is -0.130. The second-order valence-corrected chi connectivity index (χ2v) is 9.69. The number of pyridine rings is 1. The molecule has 0 saturated carbocycles. The molecule has 0 bridgehead atoms. The lowest BCUT2D eigenvalue weighted by Gasteiger charge is -2.29. The summed E-state index contributed by atoms with van der Waals surface area (Å²) in [5, 5.41) is 12.4. The molecule has 3 aromatic heterocycles. The van der Waals surface area contributed by atoms with Gasteiger partial charge in [0.05, 0.1) is 17.9 Å². The average Bonchev–Trinajstić information content (AvgIpc) is 3.46. The van der Waals surface area contributed by atoms with Crippen LogP contribution in [0, 0.1) is 6.92 Å². The molecule has 1 aliphatic heterocycles. The fraction of sp³-hybridized carbons (Fsp3) is 0.385. The number of aromatic nitrogens is 5. The van der Waals surface area contributed by atoms with E-state index in [0.717, 1.165) is 53.2 Å². The molecule has 1 N–H and O–H groups in total. The van der Waals surface area contributed by atoms with Gasteiger partial charge in [-0.25, -0.2) is 9.50 Å². The van der Waals surface area contributed by atoms with E-state index in [1.807, 2.05) is 24.8 Å². The van der Waals surface area contributed by atoms with Crippen molar-refractivity contribution in [1.82, 2.24) is 34.6 Å². The Hall–Kier alpha value is -3.52. The molecule has 0 radical (unpaired) electrons. The fourth-order valence-electron chi connectivity index (χ4n) is 4.81. The Labute approximate surface area is 199 Å². The number of hydrogen-bond acceptors (Lipinski definition) is 5. The first-order valence-corrected chi connectivity index (χ1v) is 11.7. The summed E-state index contributed by atoms with van der Waals surface area (Å²) < 4.78 is 1.82. The topological polar surface area (TPSA) is 82.4 Å². The van der Waals surface area contributed by atoms with Crippen LogP contribution < -0.4 is 0 Å². The van der Waals surface area contributed by atoms with Gasteiger partial charge in [0, 0.05) is 50.1 Å². The number of benzene rings is 1. The molecular formula is C26H31N7O. The molecule has 0 fully saturated rings. The van der Waals surface area contributed by atoms with Crippen molar-refractivity contribution in [3.05, 3.63) is 59.0 Å². The molecule has 5 rings (SSSR count). The van der Waals surface area contributed by atoms with E-state index in [1.165, 1.54) is 16.7 Å². The van der Waals surface area contributed by atoms with E-state index < -0.39 is 0 Å². The summed E-state index contributed by atoms with van der Waals surface area (Å²) in [6.07, 6.45) is 4.52. The van der Waals surface area contributed by atoms with E-state index in [4.69, 9.17) is 5.10 Å². The zero-order chi connectivity index (χ0) is 24.0. The van der Waals surface area contributed by atoms with Gasteiger partial charge in [-0.05, 0) is 48.1 Å². The number of aryl methyl sites for hydroxylation is 1. The van der Waals surface area contributed by atoms with Crippen molar-refractivity contribution in [2.24, 2.45) is 0 Å².